The monoisotopic (exact) mass is 509 g/mol. The fourth-order valence-corrected chi connectivity index (χ4v) is 5.45. The number of hydrogen-bond acceptors (Lipinski definition) is 5. The number of aryl methyl sites for hydroxylation is 3. The standard InChI is InChI=1S/C25H29F2N3O2S.ClH/c1-16-11-17(2)20(18(3)12-16)15-23(31)30(6-4-5-29-7-9-32-10-8-29)25-28-24-21(27)13-19(26)14-22(24)33-25;/h11-14H,4-10,15H2,1-3H3;1H. The molecule has 3 aromatic rings. The van der Waals surface area contributed by atoms with E-state index in [-0.39, 0.29) is 30.3 Å². The van der Waals surface area contributed by atoms with Gasteiger partial charge in [0.15, 0.2) is 10.9 Å². The van der Waals surface area contributed by atoms with Crippen LogP contribution in [0.4, 0.5) is 13.9 Å². The third-order valence-electron chi connectivity index (χ3n) is 6.06. The van der Waals surface area contributed by atoms with Crippen molar-refractivity contribution in [3.8, 4) is 0 Å². The third-order valence-corrected chi connectivity index (χ3v) is 7.09. The Balaban J connectivity index is 0.00000324. The SMILES string of the molecule is Cc1cc(C)c(CC(=O)N(CCCN2CCOCC2)c2nc3c(F)cc(F)cc3s2)c(C)c1.Cl. The van der Waals surface area contributed by atoms with Gasteiger partial charge in [-0.05, 0) is 49.9 Å². The largest absolute Gasteiger partial charge is 0.379 e. The molecule has 2 aromatic carbocycles. The molecule has 1 aliphatic heterocycles. The molecule has 0 saturated carbocycles. The van der Waals surface area contributed by atoms with Crippen molar-refractivity contribution in [1.82, 2.24) is 9.88 Å². The molecule has 0 radical (unpaired) electrons. The molecule has 34 heavy (non-hydrogen) atoms. The summed E-state index contributed by atoms with van der Waals surface area (Å²) in [4.78, 5) is 21.8. The Labute approximate surface area is 209 Å². The minimum absolute atomic E-state index is 0. The molecular weight excluding hydrogens is 480 g/mol. The number of amides is 1. The summed E-state index contributed by atoms with van der Waals surface area (Å²) in [6, 6.07) is 6.25. The number of thiazole rings is 1. The predicted octanol–water partition coefficient (Wildman–Crippen LogP) is 5.22. The molecule has 1 amide bonds. The van der Waals surface area contributed by atoms with Gasteiger partial charge < -0.3 is 4.74 Å². The molecule has 0 atom stereocenters. The van der Waals surface area contributed by atoms with Gasteiger partial charge in [-0.1, -0.05) is 29.0 Å². The second-order valence-electron chi connectivity index (χ2n) is 8.64. The van der Waals surface area contributed by atoms with Gasteiger partial charge in [0, 0.05) is 32.2 Å². The summed E-state index contributed by atoms with van der Waals surface area (Å²) < 4.78 is 33.8. The summed E-state index contributed by atoms with van der Waals surface area (Å²) in [5.41, 5.74) is 4.41. The number of halogens is 3. The molecule has 5 nitrogen and oxygen atoms in total. The molecule has 184 valence electrons. The minimum atomic E-state index is -0.710. The Morgan fingerprint density at radius 1 is 1.12 bits per heavy atom. The van der Waals surface area contributed by atoms with Gasteiger partial charge in [0.1, 0.15) is 11.3 Å². The maximum atomic E-state index is 14.3. The molecule has 9 heteroatoms. The number of anilines is 1. The molecule has 1 aliphatic rings. The molecule has 2 heterocycles. The Morgan fingerprint density at radius 2 is 1.79 bits per heavy atom. The van der Waals surface area contributed by atoms with Crippen molar-refractivity contribution in [3.05, 3.63) is 58.2 Å². The first-order valence-corrected chi connectivity index (χ1v) is 12.1. The van der Waals surface area contributed by atoms with Gasteiger partial charge in [-0.15, -0.1) is 12.4 Å². The van der Waals surface area contributed by atoms with Crippen LogP contribution in [0.1, 0.15) is 28.7 Å². The summed E-state index contributed by atoms with van der Waals surface area (Å²) in [7, 11) is 0. The lowest BCUT2D eigenvalue weighted by atomic mass is 9.97. The second-order valence-corrected chi connectivity index (χ2v) is 9.65. The fraction of sp³-hybridized carbons (Fsp3) is 0.440. The van der Waals surface area contributed by atoms with Gasteiger partial charge in [-0.3, -0.25) is 14.6 Å². The van der Waals surface area contributed by atoms with E-state index in [0.29, 0.717) is 16.4 Å². The van der Waals surface area contributed by atoms with Gasteiger partial charge in [0.05, 0.1) is 24.3 Å². The molecule has 0 unspecified atom stereocenters. The first kappa shape index (κ1) is 26.5. The van der Waals surface area contributed by atoms with E-state index in [1.165, 1.54) is 6.07 Å². The van der Waals surface area contributed by atoms with E-state index in [1.54, 1.807) is 4.90 Å². The lowest BCUT2D eigenvalue weighted by Gasteiger charge is -2.28. The molecule has 1 fully saturated rings. The highest BCUT2D eigenvalue weighted by Crippen LogP contribution is 2.32. The Kier molecular flexibility index (Phi) is 8.98. The molecule has 0 aliphatic carbocycles. The summed E-state index contributed by atoms with van der Waals surface area (Å²) in [5.74, 6) is -1.45. The van der Waals surface area contributed by atoms with Gasteiger partial charge in [0.2, 0.25) is 5.91 Å². The number of carbonyl (C=O) groups is 1. The number of carbonyl (C=O) groups excluding carboxylic acids is 1. The maximum Gasteiger partial charge on any atom is 0.233 e. The third kappa shape index (κ3) is 6.10. The van der Waals surface area contributed by atoms with Gasteiger partial charge in [0.25, 0.3) is 0 Å². The number of benzene rings is 2. The van der Waals surface area contributed by atoms with Crippen LogP contribution in [-0.4, -0.2) is 55.2 Å². The molecule has 0 spiro atoms. The van der Waals surface area contributed by atoms with E-state index >= 15 is 0 Å². The normalized spacial score (nSPS) is 14.3. The first-order chi connectivity index (χ1) is 15.8. The Bertz CT molecular complexity index is 1140. The van der Waals surface area contributed by atoms with Crippen molar-refractivity contribution in [2.24, 2.45) is 0 Å². The van der Waals surface area contributed by atoms with E-state index < -0.39 is 11.6 Å². The molecular formula is C25H30ClF2N3O2S. The van der Waals surface area contributed by atoms with E-state index in [9.17, 15) is 13.6 Å². The number of morpholine rings is 1. The summed E-state index contributed by atoms with van der Waals surface area (Å²) in [6.45, 7) is 10.6. The highest BCUT2D eigenvalue weighted by Gasteiger charge is 2.23. The Hall–Kier alpha value is -2.13. The summed E-state index contributed by atoms with van der Waals surface area (Å²) in [6.07, 6.45) is 0.993. The average Bonchev–Trinajstić information content (AvgIpc) is 3.18. The molecule has 0 N–H and O–H groups in total. The van der Waals surface area contributed by atoms with Crippen molar-refractivity contribution in [2.75, 3.05) is 44.3 Å². The van der Waals surface area contributed by atoms with Crippen LogP contribution in [0.3, 0.4) is 0 Å². The number of aromatic nitrogens is 1. The zero-order valence-electron chi connectivity index (χ0n) is 19.7. The van der Waals surface area contributed by atoms with E-state index in [2.05, 4.69) is 22.0 Å². The number of nitrogens with zero attached hydrogens (tertiary/aromatic N) is 3. The van der Waals surface area contributed by atoms with Crippen LogP contribution in [0.5, 0.6) is 0 Å². The molecule has 1 saturated heterocycles. The van der Waals surface area contributed by atoms with E-state index in [4.69, 9.17) is 4.74 Å². The van der Waals surface area contributed by atoms with Crippen molar-refractivity contribution in [3.63, 3.8) is 0 Å². The van der Waals surface area contributed by atoms with Crippen molar-refractivity contribution in [1.29, 1.82) is 0 Å². The van der Waals surface area contributed by atoms with Gasteiger partial charge in [-0.2, -0.15) is 0 Å². The molecule has 0 bridgehead atoms. The van der Waals surface area contributed by atoms with E-state index in [1.807, 2.05) is 20.8 Å². The lowest BCUT2D eigenvalue weighted by Crippen LogP contribution is -2.39. The van der Waals surface area contributed by atoms with Crippen molar-refractivity contribution in [2.45, 2.75) is 33.6 Å². The first-order valence-electron chi connectivity index (χ1n) is 11.2. The van der Waals surface area contributed by atoms with Crippen LogP contribution >= 0.6 is 23.7 Å². The smallest absolute Gasteiger partial charge is 0.233 e. The quantitative estimate of drug-likeness (QED) is 0.438. The maximum absolute atomic E-state index is 14.3. The van der Waals surface area contributed by atoms with Crippen LogP contribution in [-0.2, 0) is 16.0 Å². The van der Waals surface area contributed by atoms with Gasteiger partial charge in [-0.25, -0.2) is 13.8 Å². The van der Waals surface area contributed by atoms with Crippen LogP contribution < -0.4 is 4.90 Å². The average molecular weight is 510 g/mol. The number of hydrogen-bond donors (Lipinski definition) is 0. The predicted molar refractivity (Wildman–Crippen MR) is 135 cm³/mol. The number of rotatable bonds is 7. The molecule has 4 rings (SSSR count). The number of fused-ring (bicyclic) bond motifs is 1. The van der Waals surface area contributed by atoms with Crippen LogP contribution in [0.15, 0.2) is 24.3 Å². The molecule has 1 aromatic heterocycles. The van der Waals surface area contributed by atoms with Crippen LogP contribution in [0.2, 0.25) is 0 Å². The van der Waals surface area contributed by atoms with E-state index in [0.717, 1.165) is 78.9 Å². The van der Waals surface area contributed by atoms with Crippen LogP contribution in [0, 0.1) is 32.4 Å². The van der Waals surface area contributed by atoms with Crippen LogP contribution in [0.25, 0.3) is 10.2 Å². The minimum Gasteiger partial charge on any atom is -0.379 e. The fourth-order valence-electron chi connectivity index (χ4n) is 4.40. The highest BCUT2D eigenvalue weighted by molar-refractivity contribution is 7.22. The van der Waals surface area contributed by atoms with Gasteiger partial charge >= 0.3 is 0 Å². The Morgan fingerprint density at radius 3 is 2.47 bits per heavy atom. The second kappa shape index (κ2) is 11.5. The van der Waals surface area contributed by atoms with Crippen molar-refractivity contribution >= 4 is 45.0 Å². The lowest BCUT2D eigenvalue weighted by molar-refractivity contribution is -0.118. The highest BCUT2D eigenvalue weighted by atomic mass is 35.5. The number of ether oxygens (including phenoxy) is 1. The zero-order valence-corrected chi connectivity index (χ0v) is 21.3. The summed E-state index contributed by atoms with van der Waals surface area (Å²) in [5, 5.41) is 0.406. The van der Waals surface area contributed by atoms with Crippen molar-refractivity contribution < 1.29 is 18.3 Å². The zero-order chi connectivity index (χ0) is 23.5. The summed E-state index contributed by atoms with van der Waals surface area (Å²) >= 11 is 1.15. The topological polar surface area (TPSA) is 45.7 Å².